The predicted octanol–water partition coefficient (Wildman–Crippen LogP) is 2.99. The first-order valence-electron chi connectivity index (χ1n) is 10.0. The Labute approximate surface area is 186 Å². The van der Waals surface area contributed by atoms with Crippen molar-refractivity contribution in [3.05, 3.63) is 57.6 Å². The van der Waals surface area contributed by atoms with Crippen LogP contribution in [0.3, 0.4) is 0 Å². The molecule has 1 N–H and O–H groups in total. The van der Waals surface area contributed by atoms with E-state index in [2.05, 4.69) is 4.99 Å². The van der Waals surface area contributed by atoms with Crippen molar-refractivity contribution in [3.8, 4) is 5.75 Å². The number of sulfonamides is 1. The highest BCUT2D eigenvalue weighted by Crippen LogP contribution is 2.38. The van der Waals surface area contributed by atoms with E-state index in [1.165, 1.54) is 16.4 Å². The van der Waals surface area contributed by atoms with Crippen LogP contribution in [-0.2, 0) is 21.2 Å². The number of phenols is 1. The Morgan fingerprint density at radius 1 is 1.23 bits per heavy atom. The Hall–Kier alpha value is -2.26. The number of aromatic hydroxyl groups is 1. The lowest BCUT2D eigenvalue weighted by molar-refractivity contribution is 0.0730. The fraction of sp³-hybridized carbons (Fsp3) is 0.364. The van der Waals surface area contributed by atoms with Crippen molar-refractivity contribution in [2.45, 2.75) is 24.7 Å². The maximum atomic E-state index is 12.9. The minimum Gasteiger partial charge on any atom is -0.507 e. The zero-order valence-corrected chi connectivity index (χ0v) is 18.7. The van der Waals surface area contributed by atoms with Gasteiger partial charge in [-0.25, -0.2) is 8.42 Å². The molecule has 1 heterocycles. The van der Waals surface area contributed by atoms with Gasteiger partial charge in [0.1, 0.15) is 12.3 Å². The second-order valence-corrected chi connectivity index (χ2v) is 9.95. The van der Waals surface area contributed by atoms with Crippen molar-refractivity contribution >= 4 is 33.1 Å². The third-order valence-corrected chi connectivity index (χ3v) is 7.85. The van der Waals surface area contributed by atoms with Crippen LogP contribution in [0.4, 0.5) is 0 Å². The average Bonchev–Trinajstić information content (AvgIpc) is 3.21. The molecule has 2 aromatic carbocycles. The van der Waals surface area contributed by atoms with Crippen LogP contribution in [-0.4, -0.2) is 62.2 Å². The predicted molar refractivity (Wildman–Crippen MR) is 118 cm³/mol. The normalized spacial score (nSPS) is 18.3. The molecule has 164 valence electrons. The Bertz CT molecular complexity index is 1170. The van der Waals surface area contributed by atoms with Gasteiger partial charge in [-0.1, -0.05) is 23.7 Å². The number of halogens is 1. The van der Waals surface area contributed by atoms with Crippen LogP contribution in [0.15, 0.2) is 40.2 Å². The third-order valence-electron chi connectivity index (χ3n) is 5.62. The van der Waals surface area contributed by atoms with Gasteiger partial charge in [0.05, 0.1) is 18.1 Å². The van der Waals surface area contributed by atoms with Crippen molar-refractivity contribution < 1.29 is 23.1 Å². The van der Waals surface area contributed by atoms with E-state index in [9.17, 15) is 18.3 Å². The maximum Gasteiger partial charge on any atom is 0.243 e. The zero-order chi connectivity index (χ0) is 22.2. The SMILES string of the molecule is Cc1cc(Cl)c2c(c1O)C(=NCC(=O)c1cccc(S(=O)(=O)N3CCOCC3)c1)CC2. The number of Topliss-reactive ketones (excluding diaryl/α,β-unsaturated/α-hetero) is 1. The van der Waals surface area contributed by atoms with Gasteiger partial charge in [0.25, 0.3) is 0 Å². The number of morpholine rings is 1. The number of phenolic OH excluding ortho intramolecular Hbond substituents is 1. The highest BCUT2D eigenvalue weighted by Gasteiger charge is 2.28. The van der Waals surface area contributed by atoms with E-state index < -0.39 is 10.0 Å². The van der Waals surface area contributed by atoms with Crippen molar-refractivity contribution in [2.24, 2.45) is 4.99 Å². The van der Waals surface area contributed by atoms with Crippen molar-refractivity contribution in [1.29, 1.82) is 0 Å². The molecule has 2 aliphatic rings. The summed E-state index contributed by atoms with van der Waals surface area (Å²) in [5.41, 5.74) is 3.04. The van der Waals surface area contributed by atoms with Crippen molar-refractivity contribution in [1.82, 2.24) is 4.31 Å². The van der Waals surface area contributed by atoms with Gasteiger partial charge in [-0.3, -0.25) is 9.79 Å². The molecule has 9 heteroatoms. The standard InChI is InChI=1S/C22H23ClN2O5S/c1-14-11-18(23)17-5-6-19(21(17)22(14)27)24-13-20(26)15-3-2-4-16(12-15)31(28,29)25-7-9-30-10-8-25/h2-4,11-12,27H,5-10,13H2,1H3. The molecular weight excluding hydrogens is 440 g/mol. The van der Waals surface area contributed by atoms with Gasteiger partial charge in [0.2, 0.25) is 10.0 Å². The molecule has 1 aliphatic carbocycles. The number of ketones is 1. The fourth-order valence-corrected chi connectivity index (χ4v) is 5.72. The van der Waals surface area contributed by atoms with Crippen LogP contribution in [0, 0.1) is 6.92 Å². The average molecular weight is 463 g/mol. The van der Waals surface area contributed by atoms with Gasteiger partial charge in [0, 0.05) is 35.0 Å². The van der Waals surface area contributed by atoms with Crippen LogP contribution in [0.5, 0.6) is 5.75 Å². The van der Waals surface area contributed by atoms with Crippen molar-refractivity contribution in [3.63, 3.8) is 0 Å². The highest BCUT2D eigenvalue weighted by molar-refractivity contribution is 7.89. The minimum atomic E-state index is -3.69. The minimum absolute atomic E-state index is 0.0826. The lowest BCUT2D eigenvalue weighted by Gasteiger charge is -2.26. The second-order valence-electron chi connectivity index (χ2n) is 7.61. The molecule has 0 saturated carbocycles. The number of aryl methyl sites for hydroxylation is 1. The highest BCUT2D eigenvalue weighted by atomic mass is 35.5. The van der Waals surface area contributed by atoms with Crippen LogP contribution in [0.2, 0.25) is 5.02 Å². The summed E-state index contributed by atoms with van der Waals surface area (Å²) in [6.07, 6.45) is 1.24. The number of hydrogen-bond acceptors (Lipinski definition) is 6. The fourth-order valence-electron chi connectivity index (χ4n) is 3.91. The van der Waals surface area contributed by atoms with E-state index in [4.69, 9.17) is 16.3 Å². The topological polar surface area (TPSA) is 96.3 Å². The number of nitrogens with zero attached hydrogens (tertiary/aromatic N) is 2. The van der Waals surface area contributed by atoms with Gasteiger partial charge < -0.3 is 9.84 Å². The number of carbonyl (C=O) groups excluding carboxylic acids is 1. The number of rotatable bonds is 5. The Balaban J connectivity index is 1.56. The van der Waals surface area contributed by atoms with Gasteiger partial charge in [0.15, 0.2) is 5.78 Å². The van der Waals surface area contributed by atoms with Crippen molar-refractivity contribution in [2.75, 3.05) is 32.8 Å². The number of hydrogen-bond donors (Lipinski definition) is 1. The smallest absolute Gasteiger partial charge is 0.243 e. The van der Waals surface area contributed by atoms with Gasteiger partial charge >= 0.3 is 0 Å². The van der Waals surface area contributed by atoms with E-state index in [0.717, 1.165) is 5.56 Å². The molecule has 1 saturated heterocycles. The molecule has 31 heavy (non-hydrogen) atoms. The largest absolute Gasteiger partial charge is 0.507 e. The molecule has 2 aromatic rings. The molecule has 7 nitrogen and oxygen atoms in total. The zero-order valence-electron chi connectivity index (χ0n) is 17.1. The van der Waals surface area contributed by atoms with Crippen LogP contribution < -0.4 is 0 Å². The molecule has 4 rings (SSSR count). The lowest BCUT2D eigenvalue weighted by atomic mass is 10.0. The van der Waals surface area contributed by atoms with Gasteiger partial charge in [-0.05, 0) is 49.1 Å². The molecule has 0 bridgehead atoms. The summed E-state index contributed by atoms with van der Waals surface area (Å²) in [6.45, 7) is 2.92. The molecule has 0 aromatic heterocycles. The van der Waals surface area contributed by atoms with E-state index in [1.54, 1.807) is 25.1 Å². The molecule has 1 aliphatic heterocycles. The number of ether oxygens (including phenoxy) is 1. The second kappa shape index (κ2) is 8.70. The molecule has 0 spiro atoms. The number of fused-ring (bicyclic) bond motifs is 1. The summed E-state index contributed by atoms with van der Waals surface area (Å²) in [5, 5.41) is 11.0. The summed E-state index contributed by atoms with van der Waals surface area (Å²) in [5.74, 6) is -0.153. The molecule has 0 radical (unpaired) electrons. The third kappa shape index (κ3) is 4.25. The summed E-state index contributed by atoms with van der Waals surface area (Å²) < 4.78 is 32.3. The Kier molecular flexibility index (Phi) is 6.16. The summed E-state index contributed by atoms with van der Waals surface area (Å²) >= 11 is 6.29. The summed E-state index contributed by atoms with van der Waals surface area (Å²) in [4.78, 5) is 17.3. The lowest BCUT2D eigenvalue weighted by Crippen LogP contribution is -2.40. The van der Waals surface area contributed by atoms with Crippen LogP contribution in [0.1, 0.15) is 33.5 Å². The van der Waals surface area contributed by atoms with Gasteiger partial charge in [-0.2, -0.15) is 4.31 Å². The van der Waals surface area contributed by atoms with Crippen LogP contribution >= 0.6 is 11.6 Å². The number of benzene rings is 2. The van der Waals surface area contributed by atoms with Gasteiger partial charge in [-0.15, -0.1) is 0 Å². The van der Waals surface area contributed by atoms with E-state index in [1.807, 2.05) is 0 Å². The van der Waals surface area contributed by atoms with E-state index in [0.29, 0.717) is 61.0 Å². The van der Waals surface area contributed by atoms with E-state index in [-0.39, 0.29) is 28.5 Å². The number of carbonyl (C=O) groups is 1. The first-order chi connectivity index (χ1) is 14.8. The summed E-state index contributed by atoms with van der Waals surface area (Å²) in [7, 11) is -3.69. The quantitative estimate of drug-likeness (QED) is 0.689. The van der Waals surface area contributed by atoms with E-state index >= 15 is 0 Å². The first-order valence-corrected chi connectivity index (χ1v) is 11.9. The first kappa shape index (κ1) is 22.0. The number of aliphatic imine (C=N–C) groups is 1. The Morgan fingerprint density at radius 3 is 2.71 bits per heavy atom. The molecule has 1 fully saturated rings. The molecule has 0 unspecified atom stereocenters. The molecule has 0 atom stereocenters. The molecular formula is C22H23ClN2O5S. The van der Waals surface area contributed by atoms with Crippen LogP contribution in [0.25, 0.3) is 0 Å². The Morgan fingerprint density at radius 2 is 1.97 bits per heavy atom. The maximum absolute atomic E-state index is 12.9. The molecule has 0 amide bonds. The summed E-state index contributed by atoms with van der Waals surface area (Å²) in [6, 6.07) is 7.76. The monoisotopic (exact) mass is 462 g/mol.